The molecule has 18 nitrogen and oxygen atoms in total. The standard InChI is InChI=1S/C28H46N8O10/c1-18(39)43-25-23(41)21(5-38)46-26(24(25)42)45-19(2-29-27-6-31-12-32(7-27)14-33(8-27)13-31)20(4-37)44-22(40)3-30-28-9-34-15-35(10-28)17-36(11-28)16-34/h2-3,19-26,37-38,40-42H,4-17H2,1H3/t19-,20+,21-,22-,23+,24+,25+,26-/m0/s1. The normalized spacial score (nSPS) is 47.9. The van der Waals surface area contributed by atoms with Gasteiger partial charge in [0.2, 0.25) is 0 Å². The Balaban J connectivity index is 1.10. The number of aliphatic hydroxyl groups excluding tert-OH is 5. The number of hydrogen-bond donors (Lipinski definition) is 5. The van der Waals surface area contributed by atoms with Crippen LogP contribution in [0.1, 0.15) is 6.92 Å². The van der Waals surface area contributed by atoms with Gasteiger partial charge in [-0.15, -0.1) is 0 Å². The first kappa shape index (κ1) is 32.8. The highest BCUT2D eigenvalue weighted by Gasteiger charge is 2.51. The predicted octanol–water partition coefficient (Wildman–Crippen LogP) is -5.30. The summed E-state index contributed by atoms with van der Waals surface area (Å²) in [6, 6.07) is 0. The van der Waals surface area contributed by atoms with Crippen molar-refractivity contribution in [2.45, 2.75) is 67.2 Å². The van der Waals surface area contributed by atoms with Crippen LogP contribution in [0, 0.1) is 0 Å². The van der Waals surface area contributed by atoms with Gasteiger partial charge in [0.15, 0.2) is 18.7 Å². The minimum Gasteiger partial charge on any atom is -0.457 e. The maximum Gasteiger partial charge on any atom is 0.303 e. The molecule has 9 aliphatic heterocycles. The van der Waals surface area contributed by atoms with Crippen molar-refractivity contribution in [3.05, 3.63) is 0 Å². The van der Waals surface area contributed by atoms with Gasteiger partial charge in [-0.25, -0.2) is 0 Å². The van der Waals surface area contributed by atoms with Crippen molar-refractivity contribution in [3.8, 4) is 0 Å². The van der Waals surface area contributed by atoms with Crippen LogP contribution in [-0.4, -0.2) is 226 Å². The Kier molecular flexibility index (Phi) is 9.22. The van der Waals surface area contributed by atoms with Gasteiger partial charge in [-0.05, 0) is 0 Å². The molecule has 9 aliphatic rings. The SMILES string of the molecule is CC(=O)O[C@H]1[C@@H](O)[C@@H](O[C@@H](C=NC23CN4CN(CN(C4)C2)C3)[C@@H](CO)O[C@H](O)C=NC23CN4CN(CN(C4)C2)C3)O[C@@H](CO)[C@H]1O. The van der Waals surface area contributed by atoms with Gasteiger partial charge >= 0.3 is 5.97 Å². The first-order chi connectivity index (χ1) is 22.0. The van der Waals surface area contributed by atoms with Crippen LogP contribution in [0.25, 0.3) is 0 Å². The number of aliphatic imine (C=N–C) groups is 2. The van der Waals surface area contributed by atoms with Crippen molar-refractivity contribution in [1.29, 1.82) is 0 Å². The lowest BCUT2D eigenvalue weighted by Crippen LogP contribution is -2.75. The summed E-state index contributed by atoms with van der Waals surface area (Å²) in [5.41, 5.74) is -0.860. The Morgan fingerprint density at radius 1 is 0.848 bits per heavy atom. The number of esters is 1. The quantitative estimate of drug-likeness (QED) is 0.0759. The number of carbonyl (C=O) groups excluding carboxylic acids is 1. The highest BCUT2D eigenvalue weighted by molar-refractivity contribution is 5.66. The van der Waals surface area contributed by atoms with E-state index in [2.05, 4.69) is 29.4 Å². The Bertz CT molecular complexity index is 1110. The number of carbonyl (C=O) groups is 1. The van der Waals surface area contributed by atoms with Crippen LogP contribution in [0.2, 0.25) is 0 Å². The summed E-state index contributed by atoms with van der Waals surface area (Å²) in [7, 11) is 0. The summed E-state index contributed by atoms with van der Waals surface area (Å²) in [5, 5.41) is 52.9. The second-order valence-electron chi connectivity index (χ2n) is 14.0. The van der Waals surface area contributed by atoms with E-state index in [1.807, 2.05) is 0 Å². The molecule has 9 fully saturated rings. The van der Waals surface area contributed by atoms with Crippen LogP contribution in [0.4, 0.5) is 0 Å². The molecule has 0 amide bonds. The Morgan fingerprint density at radius 3 is 1.76 bits per heavy atom. The summed E-state index contributed by atoms with van der Waals surface area (Å²) in [6.45, 7) is 9.68. The zero-order valence-electron chi connectivity index (χ0n) is 26.0. The molecule has 8 bridgehead atoms. The third kappa shape index (κ3) is 6.61. The van der Waals surface area contributed by atoms with Gasteiger partial charge in [-0.3, -0.25) is 44.2 Å². The lowest BCUT2D eigenvalue weighted by molar-refractivity contribution is -0.315. The van der Waals surface area contributed by atoms with E-state index in [-0.39, 0.29) is 0 Å². The average molecular weight is 655 g/mol. The van der Waals surface area contributed by atoms with Crippen molar-refractivity contribution in [1.82, 2.24) is 29.4 Å². The number of rotatable bonds is 12. The van der Waals surface area contributed by atoms with Crippen LogP contribution in [0.3, 0.4) is 0 Å². The van der Waals surface area contributed by atoms with Gasteiger partial charge in [0.25, 0.3) is 0 Å². The number of aliphatic hydroxyl groups is 5. The van der Waals surface area contributed by atoms with E-state index < -0.39 is 79.5 Å². The van der Waals surface area contributed by atoms with Crippen LogP contribution in [-0.2, 0) is 23.7 Å². The molecular formula is C28H46N8O10. The molecule has 0 aromatic rings. The van der Waals surface area contributed by atoms with E-state index in [0.717, 1.165) is 86.2 Å². The van der Waals surface area contributed by atoms with Gasteiger partial charge < -0.3 is 44.5 Å². The lowest BCUT2D eigenvalue weighted by Gasteiger charge is -2.59. The largest absolute Gasteiger partial charge is 0.457 e. The highest BCUT2D eigenvalue weighted by Crippen LogP contribution is 2.33. The second-order valence-corrected chi connectivity index (χ2v) is 14.0. The Labute approximate surface area is 266 Å². The topological polar surface area (TPSA) is 199 Å². The molecule has 46 heavy (non-hydrogen) atoms. The molecule has 5 N–H and O–H groups in total. The lowest BCUT2D eigenvalue weighted by atomic mass is 9.91. The predicted molar refractivity (Wildman–Crippen MR) is 158 cm³/mol. The molecular weight excluding hydrogens is 608 g/mol. The molecule has 258 valence electrons. The molecule has 18 heteroatoms. The third-order valence-corrected chi connectivity index (χ3v) is 9.75. The fraction of sp³-hybridized carbons (Fsp3) is 0.893. The third-order valence-electron chi connectivity index (χ3n) is 9.75. The molecule has 0 spiro atoms. The zero-order chi connectivity index (χ0) is 32.2. The fourth-order valence-electron chi connectivity index (χ4n) is 8.37. The number of ether oxygens (including phenoxy) is 4. The summed E-state index contributed by atoms with van der Waals surface area (Å²) in [5.74, 6) is -0.747. The van der Waals surface area contributed by atoms with Gasteiger partial charge in [-0.1, -0.05) is 0 Å². The number of nitrogens with zero attached hydrogens (tertiary/aromatic N) is 8. The summed E-state index contributed by atoms with van der Waals surface area (Å²) < 4.78 is 22.9. The summed E-state index contributed by atoms with van der Waals surface area (Å²) in [4.78, 5) is 35.3. The van der Waals surface area contributed by atoms with Gasteiger partial charge in [0, 0.05) is 52.4 Å². The molecule has 0 aromatic carbocycles. The summed E-state index contributed by atoms with van der Waals surface area (Å²) in [6.07, 6.45) is -8.36. The summed E-state index contributed by atoms with van der Waals surface area (Å²) >= 11 is 0. The molecule has 9 heterocycles. The van der Waals surface area contributed by atoms with Crippen LogP contribution in [0.5, 0.6) is 0 Å². The monoisotopic (exact) mass is 654 g/mol. The van der Waals surface area contributed by atoms with E-state index >= 15 is 0 Å². The van der Waals surface area contributed by atoms with Gasteiger partial charge in [0.05, 0.1) is 70.5 Å². The smallest absolute Gasteiger partial charge is 0.303 e. The maximum absolute atomic E-state index is 11.8. The van der Waals surface area contributed by atoms with E-state index in [4.69, 9.17) is 28.9 Å². The minimum atomic E-state index is -1.65. The minimum absolute atomic E-state index is 0.393. The molecule has 0 aromatic heterocycles. The van der Waals surface area contributed by atoms with E-state index in [1.54, 1.807) is 0 Å². The van der Waals surface area contributed by atoms with Crippen LogP contribution < -0.4 is 0 Å². The maximum atomic E-state index is 11.8. The molecule has 9 saturated heterocycles. The van der Waals surface area contributed by atoms with Crippen LogP contribution >= 0.6 is 0 Å². The Hall–Kier alpha value is -1.75. The number of hydrogen-bond acceptors (Lipinski definition) is 18. The first-order valence-electron chi connectivity index (χ1n) is 15.9. The first-order valence-corrected chi connectivity index (χ1v) is 15.9. The highest BCUT2D eigenvalue weighted by atomic mass is 16.7. The molecule has 0 saturated carbocycles. The molecule has 9 rings (SSSR count). The van der Waals surface area contributed by atoms with Crippen molar-refractivity contribution >= 4 is 18.4 Å². The van der Waals surface area contributed by atoms with Crippen LogP contribution in [0.15, 0.2) is 9.98 Å². The van der Waals surface area contributed by atoms with E-state index in [1.165, 1.54) is 12.4 Å². The van der Waals surface area contributed by atoms with Crippen molar-refractivity contribution in [3.63, 3.8) is 0 Å². The van der Waals surface area contributed by atoms with Crippen molar-refractivity contribution in [2.75, 3.05) is 92.5 Å². The molecule has 0 aliphatic carbocycles. The molecule has 0 unspecified atom stereocenters. The average Bonchev–Trinajstić information content (AvgIpc) is 2.99. The molecule has 8 atom stereocenters. The zero-order valence-corrected chi connectivity index (χ0v) is 26.0. The van der Waals surface area contributed by atoms with Crippen molar-refractivity contribution < 1.29 is 49.3 Å². The van der Waals surface area contributed by atoms with E-state index in [9.17, 15) is 30.3 Å². The molecule has 0 radical (unpaired) electrons. The van der Waals surface area contributed by atoms with Gasteiger partial charge in [0.1, 0.15) is 30.5 Å². The second kappa shape index (κ2) is 12.9. The fourth-order valence-corrected chi connectivity index (χ4v) is 8.37. The van der Waals surface area contributed by atoms with E-state index in [0.29, 0.717) is 0 Å². The van der Waals surface area contributed by atoms with Gasteiger partial charge in [-0.2, -0.15) is 0 Å². The van der Waals surface area contributed by atoms with Crippen molar-refractivity contribution in [2.24, 2.45) is 9.98 Å². The Morgan fingerprint density at radius 2 is 1.33 bits per heavy atom.